The van der Waals surface area contributed by atoms with Gasteiger partial charge in [0.15, 0.2) is 0 Å². The van der Waals surface area contributed by atoms with E-state index in [1.54, 1.807) is 12.1 Å². The Kier molecular flexibility index (Phi) is 5.86. The summed E-state index contributed by atoms with van der Waals surface area (Å²) in [6.07, 6.45) is 1.74. The normalized spacial score (nSPS) is 15.5. The maximum absolute atomic E-state index is 13.9. The van der Waals surface area contributed by atoms with E-state index in [2.05, 4.69) is 26.5 Å². The summed E-state index contributed by atoms with van der Waals surface area (Å²) in [5, 5.41) is 10.9. The number of nitrogens with one attached hydrogen (secondary N) is 2. The van der Waals surface area contributed by atoms with Crippen molar-refractivity contribution in [2.24, 2.45) is 0 Å². The molecule has 0 spiro atoms. The van der Waals surface area contributed by atoms with E-state index in [0.717, 1.165) is 74.1 Å². The number of nitrogens with zero attached hydrogens (tertiary/aromatic N) is 2. The largest absolute Gasteiger partial charge is 0.493 e. The number of aromatic amines is 1. The van der Waals surface area contributed by atoms with Crippen LogP contribution < -0.4 is 10.1 Å². The average Bonchev–Trinajstić information content (AvgIpc) is 3.37. The van der Waals surface area contributed by atoms with Crippen molar-refractivity contribution in [3.05, 3.63) is 65.0 Å². The third-order valence-electron chi connectivity index (χ3n) is 6.00. The van der Waals surface area contributed by atoms with Crippen LogP contribution in [-0.4, -0.2) is 54.6 Å². The van der Waals surface area contributed by atoms with Crippen LogP contribution >= 0.6 is 0 Å². The number of benzene rings is 2. The summed E-state index contributed by atoms with van der Waals surface area (Å²) in [4.78, 5) is 2.42. The number of H-pyrrole nitrogens is 1. The lowest BCUT2D eigenvalue weighted by Crippen LogP contribution is -2.37. The molecule has 0 bridgehead atoms. The Morgan fingerprint density at radius 3 is 2.84 bits per heavy atom. The van der Waals surface area contributed by atoms with Gasteiger partial charge in [-0.05, 0) is 18.6 Å². The average molecular weight is 423 g/mol. The SMILES string of the molecule is Fc1ccccc1CNc1[nH]nc2c1Cc1c(OCCCN3CCOCC3)cccc1-2. The number of anilines is 1. The first kappa shape index (κ1) is 20.0. The molecule has 31 heavy (non-hydrogen) atoms. The van der Waals surface area contributed by atoms with Crippen LogP contribution in [0, 0.1) is 5.82 Å². The smallest absolute Gasteiger partial charge is 0.128 e. The number of hydrogen-bond donors (Lipinski definition) is 2. The molecule has 2 heterocycles. The zero-order chi connectivity index (χ0) is 21.0. The summed E-state index contributed by atoms with van der Waals surface area (Å²) >= 11 is 0. The molecule has 1 saturated heterocycles. The lowest BCUT2D eigenvalue weighted by Gasteiger charge is -2.26. The zero-order valence-corrected chi connectivity index (χ0v) is 17.5. The van der Waals surface area contributed by atoms with Crippen molar-refractivity contribution in [2.45, 2.75) is 19.4 Å². The highest BCUT2D eigenvalue weighted by Crippen LogP contribution is 2.42. The fraction of sp³-hybridized carbons (Fsp3) is 0.375. The molecular formula is C24H27FN4O2. The van der Waals surface area contributed by atoms with Gasteiger partial charge >= 0.3 is 0 Å². The lowest BCUT2D eigenvalue weighted by atomic mass is 10.1. The van der Waals surface area contributed by atoms with Crippen LogP contribution in [0.3, 0.4) is 0 Å². The minimum absolute atomic E-state index is 0.206. The van der Waals surface area contributed by atoms with E-state index < -0.39 is 0 Å². The van der Waals surface area contributed by atoms with Gasteiger partial charge in [0.25, 0.3) is 0 Å². The topological polar surface area (TPSA) is 62.4 Å². The van der Waals surface area contributed by atoms with Crippen LogP contribution in [0.1, 0.15) is 23.1 Å². The number of morpholine rings is 1. The highest BCUT2D eigenvalue weighted by atomic mass is 19.1. The zero-order valence-electron chi connectivity index (χ0n) is 17.5. The van der Waals surface area contributed by atoms with Crippen molar-refractivity contribution in [1.29, 1.82) is 0 Å². The molecule has 1 aromatic heterocycles. The molecule has 7 heteroatoms. The number of rotatable bonds is 8. The minimum Gasteiger partial charge on any atom is -0.493 e. The maximum Gasteiger partial charge on any atom is 0.128 e. The molecule has 0 amide bonds. The number of hydrogen-bond acceptors (Lipinski definition) is 5. The highest BCUT2D eigenvalue weighted by molar-refractivity contribution is 5.80. The van der Waals surface area contributed by atoms with Crippen LogP contribution in [0.15, 0.2) is 42.5 Å². The maximum atomic E-state index is 13.9. The summed E-state index contributed by atoms with van der Waals surface area (Å²) in [5.74, 6) is 1.56. The molecule has 5 rings (SSSR count). The number of fused-ring (bicyclic) bond motifs is 3. The van der Waals surface area contributed by atoms with E-state index in [0.29, 0.717) is 18.7 Å². The van der Waals surface area contributed by atoms with Crippen molar-refractivity contribution >= 4 is 5.82 Å². The van der Waals surface area contributed by atoms with E-state index in [1.165, 1.54) is 11.6 Å². The molecule has 3 aromatic rings. The highest BCUT2D eigenvalue weighted by Gasteiger charge is 2.27. The van der Waals surface area contributed by atoms with Gasteiger partial charge < -0.3 is 14.8 Å². The number of ether oxygens (including phenoxy) is 2. The Labute approximate surface area is 181 Å². The Balaban J connectivity index is 1.22. The Morgan fingerprint density at radius 2 is 1.97 bits per heavy atom. The Hall–Kier alpha value is -2.90. The molecule has 162 valence electrons. The molecule has 1 aliphatic heterocycles. The van der Waals surface area contributed by atoms with Gasteiger partial charge in [-0.25, -0.2) is 4.39 Å². The molecule has 0 radical (unpaired) electrons. The molecule has 1 aliphatic carbocycles. The van der Waals surface area contributed by atoms with Crippen LogP contribution in [0.2, 0.25) is 0 Å². The molecule has 6 nitrogen and oxygen atoms in total. The van der Waals surface area contributed by atoms with Crippen LogP contribution in [0.25, 0.3) is 11.3 Å². The summed E-state index contributed by atoms with van der Waals surface area (Å²) in [6.45, 7) is 5.79. The van der Waals surface area contributed by atoms with E-state index in [-0.39, 0.29) is 5.82 Å². The van der Waals surface area contributed by atoms with E-state index in [9.17, 15) is 4.39 Å². The second kappa shape index (κ2) is 9.08. The van der Waals surface area contributed by atoms with Gasteiger partial charge in [-0.3, -0.25) is 10.00 Å². The second-order valence-electron chi connectivity index (χ2n) is 7.99. The summed E-state index contributed by atoms with van der Waals surface area (Å²) in [6, 6.07) is 13.0. The molecule has 0 atom stereocenters. The molecule has 2 N–H and O–H groups in total. The summed E-state index contributed by atoms with van der Waals surface area (Å²) in [7, 11) is 0. The molecule has 0 saturated carbocycles. The van der Waals surface area contributed by atoms with Crippen LogP contribution in [-0.2, 0) is 17.7 Å². The Bertz CT molecular complexity index is 1050. The van der Waals surface area contributed by atoms with Gasteiger partial charge in [-0.1, -0.05) is 30.3 Å². The first-order valence-electron chi connectivity index (χ1n) is 10.9. The van der Waals surface area contributed by atoms with E-state index >= 15 is 0 Å². The first-order valence-corrected chi connectivity index (χ1v) is 10.9. The van der Waals surface area contributed by atoms with E-state index in [4.69, 9.17) is 9.47 Å². The minimum atomic E-state index is -0.206. The van der Waals surface area contributed by atoms with Crippen molar-refractivity contribution in [3.63, 3.8) is 0 Å². The Morgan fingerprint density at radius 1 is 1.10 bits per heavy atom. The van der Waals surface area contributed by atoms with E-state index in [1.807, 2.05) is 18.2 Å². The summed E-state index contributed by atoms with van der Waals surface area (Å²) in [5.41, 5.74) is 4.97. The molecule has 1 fully saturated rings. The standard InChI is InChI=1S/C24H27FN4O2/c25-21-7-2-1-5-17(21)16-26-24-20-15-19-18(23(20)27-28-24)6-3-8-22(19)31-12-4-9-29-10-13-30-14-11-29/h1-3,5-8H,4,9-16H2,(H2,26,27,28). The number of halogens is 1. The predicted molar refractivity (Wildman–Crippen MR) is 118 cm³/mol. The van der Waals surface area contributed by atoms with Crippen LogP contribution in [0.4, 0.5) is 10.2 Å². The monoisotopic (exact) mass is 422 g/mol. The second-order valence-corrected chi connectivity index (χ2v) is 7.99. The third-order valence-corrected chi connectivity index (χ3v) is 6.00. The third kappa shape index (κ3) is 4.29. The van der Waals surface area contributed by atoms with Gasteiger partial charge in [-0.15, -0.1) is 0 Å². The van der Waals surface area contributed by atoms with Crippen LogP contribution in [0.5, 0.6) is 5.75 Å². The predicted octanol–water partition coefficient (Wildman–Crippen LogP) is 3.83. The lowest BCUT2D eigenvalue weighted by molar-refractivity contribution is 0.0358. The van der Waals surface area contributed by atoms with Crippen molar-refractivity contribution in [1.82, 2.24) is 15.1 Å². The van der Waals surface area contributed by atoms with Gasteiger partial charge in [0, 0.05) is 54.9 Å². The quantitative estimate of drug-likeness (QED) is 0.423. The van der Waals surface area contributed by atoms with Gasteiger partial charge in [0.2, 0.25) is 0 Å². The molecule has 2 aliphatic rings. The van der Waals surface area contributed by atoms with Gasteiger partial charge in [0.1, 0.15) is 17.4 Å². The summed E-state index contributed by atoms with van der Waals surface area (Å²) < 4.78 is 25.5. The molecule has 2 aromatic carbocycles. The fourth-order valence-electron chi connectivity index (χ4n) is 4.31. The van der Waals surface area contributed by atoms with Crippen molar-refractivity contribution < 1.29 is 13.9 Å². The molecule has 0 unspecified atom stereocenters. The van der Waals surface area contributed by atoms with Gasteiger partial charge in [-0.2, -0.15) is 5.10 Å². The van der Waals surface area contributed by atoms with Crippen molar-refractivity contribution in [3.8, 4) is 17.0 Å². The van der Waals surface area contributed by atoms with Crippen molar-refractivity contribution in [2.75, 3.05) is 44.8 Å². The fourth-order valence-corrected chi connectivity index (χ4v) is 4.31. The van der Waals surface area contributed by atoms with Gasteiger partial charge in [0.05, 0.1) is 25.5 Å². The first-order chi connectivity index (χ1) is 15.3. The molecular weight excluding hydrogens is 395 g/mol. The number of aromatic nitrogens is 2.